The average Bonchev–Trinajstić information content (AvgIpc) is 1.85. The van der Waals surface area contributed by atoms with E-state index in [2.05, 4.69) is 5.32 Å². The predicted molar refractivity (Wildman–Crippen MR) is 39.7 cm³/mol. The molecule has 0 aromatic heterocycles. The first-order valence-electron chi connectivity index (χ1n) is 3.19. The van der Waals surface area contributed by atoms with Crippen molar-refractivity contribution in [1.29, 1.82) is 0 Å². The monoisotopic (exact) mass is 143 g/mol. The number of aliphatic hydroxyl groups is 1. The zero-order valence-corrected chi connectivity index (χ0v) is 6.51. The molecule has 0 unspecified atom stereocenters. The minimum atomic E-state index is -0.225. The maximum atomic E-state index is 10.8. The first-order chi connectivity index (χ1) is 4.57. The van der Waals surface area contributed by atoms with Gasteiger partial charge in [-0.3, -0.25) is 4.79 Å². The van der Waals surface area contributed by atoms with E-state index in [1.165, 1.54) is 0 Å². The fraction of sp³-hybridized carbons (Fsp3) is 0.571. The Hall–Kier alpha value is -0.990. The minimum Gasteiger partial charge on any atom is -0.515 e. The first-order valence-corrected chi connectivity index (χ1v) is 3.19. The van der Waals surface area contributed by atoms with Gasteiger partial charge in [-0.1, -0.05) is 0 Å². The van der Waals surface area contributed by atoms with Crippen molar-refractivity contribution in [3.8, 4) is 0 Å². The van der Waals surface area contributed by atoms with E-state index in [9.17, 15) is 4.79 Å². The Kier molecular flexibility index (Phi) is 3.54. The molecule has 2 N–H and O–H groups in total. The molecular formula is C7H13NO2. The molecule has 0 aromatic carbocycles. The third kappa shape index (κ3) is 3.12. The fourth-order valence-electron chi connectivity index (χ4n) is 0.435. The Bertz CT molecular complexity index is 150. The van der Waals surface area contributed by atoms with Crippen LogP contribution in [0.4, 0.5) is 0 Å². The van der Waals surface area contributed by atoms with E-state index in [0.717, 1.165) is 6.26 Å². The number of hydrogen-bond acceptors (Lipinski definition) is 2. The zero-order chi connectivity index (χ0) is 8.15. The van der Waals surface area contributed by atoms with E-state index >= 15 is 0 Å². The summed E-state index contributed by atoms with van der Waals surface area (Å²) in [5.74, 6) is -0.225. The van der Waals surface area contributed by atoms with Gasteiger partial charge in [0, 0.05) is 11.6 Å². The van der Waals surface area contributed by atoms with Crippen molar-refractivity contribution in [3.63, 3.8) is 0 Å². The molecule has 0 radical (unpaired) electrons. The SMILES string of the molecule is C/C(=C\O)C(=O)NC(C)C. The maximum Gasteiger partial charge on any atom is 0.250 e. The summed E-state index contributed by atoms with van der Waals surface area (Å²) in [6.07, 6.45) is 0.803. The Morgan fingerprint density at radius 1 is 1.60 bits per heavy atom. The van der Waals surface area contributed by atoms with Gasteiger partial charge >= 0.3 is 0 Å². The predicted octanol–water partition coefficient (Wildman–Crippen LogP) is 0.973. The van der Waals surface area contributed by atoms with Gasteiger partial charge in [-0.2, -0.15) is 0 Å². The van der Waals surface area contributed by atoms with Crippen LogP contribution in [0.1, 0.15) is 20.8 Å². The summed E-state index contributed by atoms with van der Waals surface area (Å²) in [5, 5.41) is 11.0. The lowest BCUT2D eigenvalue weighted by molar-refractivity contribution is -0.118. The molecule has 0 aliphatic rings. The third-order valence-electron chi connectivity index (χ3n) is 0.972. The van der Waals surface area contributed by atoms with Crippen molar-refractivity contribution >= 4 is 5.91 Å². The quantitative estimate of drug-likeness (QED) is 0.447. The molecule has 58 valence electrons. The molecular weight excluding hydrogens is 130 g/mol. The number of aliphatic hydroxyl groups excluding tert-OH is 1. The molecule has 3 nitrogen and oxygen atoms in total. The molecule has 0 spiro atoms. The molecule has 0 fully saturated rings. The normalized spacial score (nSPS) is 11.8. The second kappa shape index (κ2) is 3.93. The molecule has 0 aliphatic carbocycles. The topological polar surface area (TPSA) is 49.3 Å². The second-order valence-corrected chi connectivity index (χ2v) is 2.44. The first kappa shape index (κ1) is 9.01. The number of carbonyl (C=O) groups is 1. The van der Waals surface area contributed by atoms with Crippen LogP contribution in [0.3, 0.4) is 0 Å². The third-order valence-corrected chi connectivity index (χ3v) is 0.972. The summed E-state index contributed by atoms with van der Waals surface area (Å²) < 4.78 is 0. The van der Waals surface area contributed by atoms with Crippen LogP contribution in [0, 0.1) is 0 Å². The van der Waals surface area contributed by atoms with Crippen LogP contribution in [-0.4, -0.2) is 17.1 Å². The molecule has 0 aromatic rings. The summed E-state index contributed by atoms with van der Waals surface area (Å²) >= 11 is 0. The lowest BCUT2D eigenvalue weighted by Crippen LogP contribution is -2.30. The van der Waals surface area contributed by atoms with Crippen LogP contribution >= 0.6 is 0 Å². The molecule has 3 heteroatoms. The van der Waals surface area contributed by atoms with E-state index in [1.54, 1.807) is 6.92 Å². The van der Waals surface area contributed by atoms with Gasteiger partial charge in [0.1, 0.15) is 0 Å². The van der Waals surface area contributed by atoms with Gasteiger partial charge in [0.25, 0.3) is 0 Å². The standard InChI is InChI=1S/C7H13NO2/c1-5(2)8-7(10)6(3)4-9/h4-5,9H,1-3H3,(H,8,10)/b6-4+. The number of amides is 1. The van der Waals surface area contributed by atoms with Crippen molar-refractivity contribution in [2.24, 2.45) is 0 Å². The number of carbonyl (C=O) groups excluding carboxylic acids is 1. The lowest BCUT2D eigenvalue weighted by Gasteiger charge is -2.06. The van der Waals surface area contributed by atoms with Gasteiger partial charge in [-0.25, -0.2) is 0 Å². The summed E-state index contributed by atoms with van der Waals surface area (Å²) in [7, 11) is 0. The lowest BCUT2D eigenvalue weighted by atomic mass is 10.3. The average molecular weight is 143 g/mol. The van der Waals surface area contributed by atoms with Gasteiger partial charge < -0.3 is 10.4 Å². The van der Waals surface area contributed by atoms with Gasteiger partial charge in [0.2, 0.25) is 5.91 Å². The summed E-state index contributed by atoms with van der Waals surface area (Å²) in [6.45, 7) is 5.28. The van der Waals surface area contributed by atoms with Gasteiger partial charge in [-0.05, 0) is 20.8 Å². The fourth-order valence-corrected chi connectivity index (χ4v) is 0.435. The Morgan fingerprint density at radius 3 is 2.40 bits per heavy atom. The molecule has 0 atom stereocenters. The van der Waals surface area contributed by atoms with E-state index in [4.69, 9.17) is 5.11 Å². The molecule has 0 heterocycles. The van der Waals surface area contributed by atoms with Gasteiger partial charge in [0.15, 0.2) is 0 Å². The number of hydrogen-bond donors (Lipinski definition) is 2. The maximum absolute atomic E-state index is 10.8. The molecule has 0 saturated heterocycles. The number of nitrogens with one attached hydrogen (secondary N) is 1. The van der Waals surface area contributed by atoms with E-state index in [1.807, 2.05) is 13.8 Å². The van der Waals surface area contributed by atoms with Crippen LogP contribution in [0.5, 0.6) is 0 Å². The largest absolute Gasteiger partial charge is 0.515 e. The molecule has 10 heavy (non-hydrogen) atoms. The van der Waals surface area contributed by atoms with Crippen molar-refractivity contribution in [2.45, 2.75) is 26.8 Å². The molecule has 0 aliphatic heterocycles. The molecule has 0 bridgehead atoms. The second-order valence-electron chi connectivity index (χ2n) is 2.44. The van der Waals surface area contributed by atoms with E-state index in [-0.39, 0.29) is 11.9 Å². The Balaban J connectivity index is 3.86. The van der Waals surface area contributed by atoms with Crippen molar-refractivity contribution in [3.05, 3.63) is 11.8 Å². The van der Waals surface area contributed by atoms with Crippen molar-refractivity contribution in [1.82, 2.24) is 5.32 Å². The van der Waals surface area contributed by atoms with Crippen LogP contribution in [0.2, 0.25) is 0 Å². The van der Waals surface area contributed by atoms with Crippen molar-refractivity contribution < 1.29 is 9.90 Å². The molecule has 1 amide bonds. The van der Waals surface area contributed by atoms with Crippen LogP contribution in [0.25, 0.3) is 0 Å². The highest BCUT2D eigenvalue weighted by Gasteiger charge is 2.03. The van der Waals surface area contributed by atoms with Gasteiger partial charge in [0.05, 0.1) is 6.26 Å². The zero-order valence-electron chi connectivity index (χ0n) is 6.51. The highest BCUT2D eigenvalue weighted by atomic mass is 16.2. The highest BCUT2D eigenvalue weighted by Crippen LogP contribution is 1.90. The summed E-state index contributed by atoms with van der Waals surface area (Å²) in [5.41, 5.74) is 0.327. The molecule has 0 rings (SSSR count). The number of rotatable bonds is 2. The van der Waals surface area contributed by atoms with E-state index < -0.39 is 0 Å². The van der Waals surface area contributed by atoms with Crippen molar-refractivity contribution in [2.75, 3.05) is 0 Å². The van der Waals surface area contributed by atoms with Gasteiger partial charge in [-0.15, -0.1) is 0 Å². The summed E-state index contributed by atoms with van der Waals surface area (Å²) in [4.78, 5) is 10.8. The Morgan fingerprint density at radius 2 is 2.10 bits per heavy atom. The Labute approximate surface area is 60.7 Å². The summed E-state index contributed by atoms with van der Waals surface area (Å²) in [6, 6.07) is 0.113. The molecule has 0 saturated carbocycles. The highest BCUT2D eigenvalue weighted by molar-refractivity contribution is 5.92. The van der Waals surface area contributed by atoms with Crippen LogP contribution < -0.4 is 5.32 Å². The van der Waals surface area contributed by atoms with Crippen LogP contribution in [-0.2, 0) is 4.79 Å². The van der Waals surface area contributed by atoms with E-state index in [0.29, 0.717) is 5.57 Å². The minimum absolute atomic E-state index is 0.113. The smallest absolute Gasteiger partial charge is 0.250 e. The van der Waals surface area contributed by atoms with Crippen LogP contribution in [0.15, 0.2) is 11.8 Å².